The topological polar surface area (TPSA) is 112 Å². The number of fused-ring (bicyclic) bond motifs is 3. The maximum atomic E-state index is 15.0. The van der Waals surface area contributed by atoms with Gasteiger partial charge in [-0.05, 0) is 30.2 Å². The molecule has 6 rings (SSSR count). The van der Waals surface area contributed by atoms with Crippen LogP contribution in [0, 0.1) is 11.6 Å². The van der Waals surface area contributed by atoms with Crippen LogP contribution in [0.5, 0.6) is 0 Å². The summed E-state index contributed by atoms with van der Waals surface area (Å²) >= 11 is 0. The highest BCUT2D eigenvalue weighted by atomic mass is 19.1. The predicted octanol–water partition coefficient (Wildman–Crippen LogP) is 4.16. The van der Waals surface area contributed by atoms with Crippen LogP contribution >= 0.6 is 0 Å². The molecule has 2 aliphatic rings. The summed E-state index contributed by atoms with van der Waals surface area (Å²) in [6.07, 6.45) is 2.94. The van der Waals surface area contributed by atoms with E-state index in [9.17, 15) is 18.0 Å². The van der Waals surface area contributed by atoms with Gasteiger partial charge in [-0.1, -0.05) is 6.07 Å². The second-order valence-corrected chi connectivity index (χ2v) is 9.68. The molecule has 0 bridgehead atoms. The Kier molecular flexibility index (Phi) is 6.51. The van der Waals surface area contributed by atoms with Crippen molar-refractivity contribution < 1.29 is 23.1 Å². The number of hydrogen-bond acceptors (Lipinski definition) is 7. The molecule has 1 fully saturated rings. The molecule has 0 saturated carbocycles. The highest BCUT2D eigenvalue weighted by Crippen LogP contribution is 2.35. The van der Waals surface area contributed by atoms with Crippen LogP contribution in [0.2, 0.25) is 0 Å². The van der Waals surface area contributed by atoms with Crippen LogP contribution in [0.3, 0.4) is 0 Å². The van der Waals surface area contributed by atoms with Gasteiger partial charge in [0.2, 0.25) is 5.95 Å². The predicted molar refractivity (Wildman–Crippen MR) is 136 cm³/mol. The van der Waals surface area contributed by atoms with Crippen molar-refractivity contribution in [3.05, 3.63) is 59.7 Å². The third-order valence-corrected chi connectivity index (χ3v) is 7.20. The maximum Gasteiger partial charge on any atom is 0.407 e. The summed E-state index contributed by atoms with van der Waals surface area (Å²) < 4.78 is 45.0. The number of carboxylic acid groups (broad SMARTS) is 1. The summed E-state index contributed by atoms with van der Waals surface area (Å²) in [5, 5.41) is 12.0. The van der Waals surface area contributed by atoms with E-state index < -0.39 is 30.4 Å². The third-order valence-electron chi connectivity index (χ3n) is 7.20. The standard InChI is InChI=1S/C26H25F3N8O2/c27-11-17-2-4-22-33-24-18(28)9-16(10-20(24)37(17)22)23-19(29)13-31-25(34-23)32-21-3-1-15(12-30-21)14-35-5-7-36(8-6-35)26(38)39/h1,3,9-10,12-13,17H,2,4-8,11,14H2,(H,38,39)(H,30,31,32,34)/t17-/m0/s1. The fourth-order valence-corrected chi connectivity index (χ4v) is 5.18. The Morgan fingerprint density at radius 2 is 1.87 bits per heavy atom. The van der Waals surface area contributed by atoms with Crippen molar-refractivity contribution in [1.29, 1.82) is 0 Å². The van der Waals surface area contributed by atoms with E-state index in [1.54, 1.807) is 22.9 Å². The summed E-state index contributed by atoms with van der Waals surface area (Å²) in [6.45, 7) is 2.25. The first kappa shape index (κ1) is 25.0. The Labute approximate surface area is 221 Å². The van der Waals surface area contributed by atoms with Crippen molar-refractivity contribution in [2.45, 2.75) is 25.4 Å². The molecule has 1 aromatic carbocycles. The fourth-order valence-electron chi connectivity index (χ4n) is 5.18. The van der Waals surface area contributed by atoms with Gasteiger partial charge in [0.15, 0.2) is 11.6 Å². The van der Waals surface area contributed by atoms with Gasteiger partial charge < -0.3 is 19.9 Å². The lowest BCUT2D eigenvalue weighted by Crippen LogP contribution is -2.47. The number of piperazine rings is 1. The molecule has 1 saturated heterocycles. The molecule has 0 spiro atoms. The summed E-state index contributed by atoms with van der Waals surface area (Å²) in [4.78, 5) is 31.6. The van der Waals surface area contributed by atoms with Gasteiger partial charge in [0.05, 0.1) is 17.8 Å². The molecular weight excluding hydrogens is 513 g/mol. The van der Waals surface area contributed by atoms with Crippen LogP contribution < -0.4 is 5.32 Å². The molecular formula is C26H25F3N8O2. The molecule has 0 unspecified atom stereocenters. The van der Waals surface area contributed by atoms with Crippen molar-refractivity contribution in [2.24, 2.45) is 0 Å². The molecule has 1 atom stereocenters. The first-order valence-corrected chi connectivity index (χ1v) is 12.6. The number of aryl methyl sites for hydroxylation is 1. The second-order valence-electron chi connectivity index (χ2n) is 9.68. The number of carbonyl (C=O) groups is 1. The van der Waals surface area contributed by atoms with E-state index in [-0.39, 0.29) is 22.7 Å². The molecule has 4 aromatic rings. The molecule has 1 amide bonds. The number of alkyl halides is 1. The van der Waals surface area contributed by atoms with E-state index >= 15 is 0 Å². The van der Waals surface area contributed by atoms with Crippen molar-refractivity contribution in [2.75, 3.05) is 38.2 Å². The Bertz CT molecular complexity index is 1540. The van der Waals surface area contributed by atoms with Crippen LogP contribution in [-0.2, 0) is 13.0 Å². The van der Waals surface area contributed by atoms with Crippen LogP contribution in [0.1, 0.15) is 23.9 Å². The lowest BCUT2D eigenvalue weighted by atomic mass is 10.1. The Morgan fingerprint density at radius 3 is 2.59 bits per heavy atom. The number of aromatic nitrogens is 5. The smallest absolute Gasteiger partial charge is 0.407 e. The normalized spacial score (nSPS) is 17.5. The van der Waals surface area contributed by atoms with E-state index in [0.29, 0.717) is 62.7 Å². The minimum absolute atomic E-state index is 0.0806. The van der Waals surface area contributed by atoms with Gasteiger partial charge in [-0.2, -0.15) is 0 Å². The first-order chi connectivity index (χ1) is 18.9. The van der Waals surface area contributed by atoms with Crippen LogP contribution in [0.15, 0.2) is 36.7 Å². The first-order valence-electron chi connectivity index (χ1n) is 12.6. The van der Waals surface area contributed by atoms with E-state index in [0.717, 1.165) is 11.8 Å². The average molecular weight is 539 g/mol. The monoisotopic (exact) mass is 538 g/mol. The lowest BCUT2D eigenvalue weighted by molar-refractivity contribution is 0.103. The number of anilines is 2. The molecule has 3 aromatic heterocycles. The van der Waals surface area contributed by atoms with Gasteiger partial charge in [-0.15, -0.1) is 0 Å². The molecule has 10 nitrogen and oxygen atoms in total. The zero-order valence-electron chi connectivity index (χ0n) is 20.8. The van der Waals surface area contributed by atoms with Gasteiger partial charge in [-0.3, -0.25) is 4.90 Å². The van der Waals surface area contributed by atoms with Crippen LogP contribution in [-0.4, -0.2) is 78.4 Å². The lowest BCUT2D eigenvalue weighted by Gasteiger charge is -2.32. The molecule has 0 aliphatic carbocycles. The van der Waals surface area contributed by atoms with E-state index in [4.69, 9.17) is 5.11 Å². The summed E-state index contributed by atoms with van der Waals surface area (Å²) in [5.74, 6) is -0.221. The zero-order valence-corrected chi connectivity index (χ0v) is 20.8. The Hall–Kier alpha value is -4.26. The van der Waals surface area contributed by atoms with Gasteiger partial charge in [0.1, 0.15) is 29.5 Å². The number of benzene rings is 1. The molecule has 202 valence electrons. The SMILES string of the molecule is O=C(O)N1CCN(Cc2ccc(Nc3ncc(F)c(-c4cc(F)c5nc6n(c5c4)[C@H](CF)CC6)n3)nc2)CC1. The maximum absolute atomic E-state index is 15.0. The number of nitrogens with zero attached hydrogens (tertiary/aromatic N) is 7. The molecule has 0 radical (unpaired) electrons. The number of hydrogen-bond donors (Lipinski definition) is 2. The fraction of sp³-hybridized carbons (Fsp3) is 0.346. The second kappa shape index (κ2) is 10.1. The van der Waals surface area contributed by atoms with Gasteiger partial charge in [0.25, 0.3) is 0 Å². The number of amides is 1. The Balaban J connectivity index is 1.20. The molecule has 39 heavy (non-hydrogen) atoms. The van der Waals surface area contributed by atoms with Crippen molar-refractivity contribution >= 4 is 28.9 Å². The zero-order chi connectivity index (χ0) is 27.1. The van der Waals surface area contributed by atoms with E-state index in [2.05, 4.69) is 30.2 Å². The largest absolute Gasteiger partial charge is 0.465 e. The third kappa shape index (κ3) is 4.85. The molecule has 2 aliphatic heterocycles. The van der Waals surface area contributed by atoms with Crippen molar-refractivity contribution in [1.82, 2.24) is 34.3 Å². The highest BCUT2D eigenvalue weighted by Gasteiger charge is 2.28. The minimum Gasteiger partial charge on any atom is -0.465 e. The van der Waals surface area contributed by atoms with Crippen LogP contribution in [0.25, 0.3) is 22.3 Å². The summed E-state index contributed by atoms with van der Waals surface area (Å²) in [6, 6.07) is 5.97. The number of pyridine rings is 1. The Morgan fingerprint density at radius 1 is 1.05 bits per heavy atom. The number of imidazole rings is 1. The highest BCUT2D eigenvalue weighted by molar-refractivity contribution is 5.83. The van der Waals surface area contributed by atoms with Gasteiger partial charge in [0, 0.05) is 50.9 Å². The van der Waals surface area contributed by atoms with Crippen molar-refractivity contribution in [3.63, 3.8) is 0 Å². The van der Waals surface area contributed by atoms with Gasteiger partial charge >= 0.3 is 6.09 Å². The number of nitrogens with one attached hydrogen (secondary N) is 1. The minimum atomic E-state index is -0.903. The average Bonchev–Trinajstić information content (AvgIpc) is 3.51. The summed E-state index contributed by atoms with van der Waals surface area (Å²) in [5.41, 5.74) is 1.59. The molecule has 2 N–H and O–H groups in total. The molecule has 13 heteroatoms. The summed E-state index contributed by atoms with van der Waals surface area (Å²) in [7, 11) is 0. The number of rotatable bonds is 6. The molecule has 5 heterocycles. The van der Waals surface area contributed by atoms with E-state index in [1.807, 2.05) is 6.07 Å². The van der Waals surface area contributed by atoms with E-state index in [1.165, 1.54) is 11.0 Å². The van der Waals surface area contributed by atoms with Gasteiger partial charge in [-0.25, -0.2) is 37.9 Å². The van der Waals surface area contributed by atoms with Crippen LogP contribution in [0.4, 0.5) is 29.7 Å². The number of halogens is 3. The quantitative estimate of drug-likeness (QED) is 0.376. The van der Waals surface area contributed by atoms with Crippen molar-refractivity contribution in [3.8, 4) is 11.3 Å².